The number of hydrogen-bond acceptors (Lipinski definition) is 7. The lowest BCUT2D eigenvalue weighted by Crippen LogP contribution is -2.28. The van der Waals surface area contributed by atoms with E-state index in [-0.39, 0.29) is 36.6 Å². The van der Waals surface area contributed by atoms with E-state index in [1.54, 1.807) is 47.2 Å². The van der Waals surface area contributed by atoms with E-state index in [0.29, 0.717) is 33.9 Å². The molecule has 2 saturated heterocycles. The zero-order chi connectivity index (χ0) is 25.4. The Morgan fingerprint density at radius 1 is 1.03 bits per heavy atom. The van der Waals surface area contributed by atoms with Crippen molar-refractivity contribution >= 4 is 57.2 Å². The van der Waals surface area contributed by atoms with Gasteiger partial charge in [-0.15, -0.1) is 10.2 Å². The van der Waals surface area contributed by atoms with Crippen LogP contribution in [0, 0.1) is 12.8 Å². The monoisotopic (exact) mass is 525 g/mol. The zero-order valence-electron chi connectivity index (χ0n) is 19.7. The van der Waals surface area contributed by atoms with Crippen LogP contribution in [-0.4, -0.2) is 48.1 Å². The zero-order valence-corrected chi connectivity index (χ0v) is 21.3. The van der Waals surface area contributed by atoms with E-state index < -0.39 is 5.92 Å². The highest BCUT2D eigenvalue weighted by atomic mass is 35.5. The average Bonchev–Trinajstić information content (AvgIpc) is 3.59. The normalized spacial score (nSPS) is 19.8. The van der Waals surface area contributed by atoms with Crippen molar-refractivity contribution in [1.29, 1.82) is 0 Å². The van der Waals surface area contributed by atoms with Gasteiger partial charge in [-0.05, 0) is 48.9 Å². The highest BCUT2D eigenvalue weighted by Gasteiger charge is 2.37. The first kappa shape index (κ1) is 24.2. The molecule has 0 spiro atoms. The molecule has 0 aliphatic carbocycles. The van der Waals surface area contributed by atoms with Crippen LogP contribution < -0.4 is 19.9 Å². The van der Waals surface area contributed by atoms with E-state index >= 15 is 0 Å². The fraction of sp³-hybridized carbons (Fsp3) is 0.320. The predicted octanol–water partition coefficient (Wildman–Crippen LogP) is 4.02. The molecule has 3 aromatic rings. The van der Waals surface area contributed by atoms with E-state index in [1.165, 1.54) is 11.3 Å². The Kier molecular flexibility index (Phi) is 6.63. The van der Waals surface area contributed by atoms with Gasteiger partial charge in [0, 0.05) is 48.2 Å². The van der Waals surface area contributed by atoms with E-state index in [2.05, 4.69) is 15.5 Å². The molecule has 3 heterocycles. The number of nitrogens with one attached hydrogen (secondary N) is 1. The first-order valence-electron chi connectivity index (χ1n) is 11.5. The first-order chi connectivity index (χ1) is 17.3. The number of carbonyl (C=O) groups excluding carboxylic acids is 3. The standard InChI is InChI=1S/C25H24ClN5O4S/c1-14-3-4-18(11-20(14)26)31-13-16(10-22(31)33)24-28-29-25(36-24)27-23(34)15-9-21(32)30(12-15)17-5-7-19(35-2)8-6-17/h3-8,11,15-16H,9-10,12-13H2,1-2H3,(H,27,29,34). The number of methoxy groups -OCH3 is 1. The fourth-order valence-electron chi connectivity index (χ4n) is 4.42. The van der Waals surface area contributed by atoms with Gasteiger partial charge in [-0.1, -0.05) is 29.0 Å². The maximum atomic E-state index is 12.9. The number of aryl methyl sites for hydroxylation is 1. The van der Waals surface area contributed by atoms with Crippen LogP contribution >= 0.6 is 22.9 Å². The molecular formula is C25H24ClN5O4S. The molecule has 11 heteroatoms. The van der Waals surface area contributed by atoms with E-state index in [0.717, 1.165) is 16.9 Å². The molecule has 2 aliphatic rings. The molecule has 2 unspecified atom stereocenters. The quantitative estimate of drug-likeness (QED) is 0.521. The van der Waals surface area contributed by atoms with Gasteiger partial charge in [0.25, 0.3) is 0 Å². The predicted molar refractivity (Wildman–Crippen MR) is 138 cm³/mol. The van der Waals surface area contributed by atoms with Crippen LogP contribution in [0.25, 0.3) is 0 Å². The summed E-state index contributed by atoms with van der Waals surface area (Å²) < 4.78 is 5.16. The minimum absolute atomic E-state index is 0.0104. The Hall–Kier alpha value is -3.50. The molecule has 2 fully saturated rings. The number of rotatable bonds is 6. The van der Waals surface area contributed by atoms with Crippen molar-refractivity contribution < 1.29 is 19.1 Å². The van der Waals surface area contributed by atoms with Gasteiger partial charge in [-0.3, -0.25) is 14.4 Å². The molecule has 0 saturated carbocycles. The third-order valence-corrected chi connectivity index (χ3v) is 7.90. The number of aromatic nitrogens is 2. The molecule has 2 atom stereocenters. The van der Waals surface area contributed by atoms with Crippen molar-refractivity contribution in [2.75, 3.05) is 35.3 Å². The van der Waals surface area contributed by atoms with Crippen LogP contribution in [0.1, 0.15) is 29.3 Å². The minimum atomic E-state index is -0.498. The number of ether oxygens (including phenoxy) is 1. The van der Waals surface area contributed by atoms with E-state index in [4.69, 9.17) is 16.3 Å². The summed E-state index contributed by atoms with van der Waals surface area (Å²) in [4.78, 5) is 41.4. The van der Waals surface area contributed by atoms with Crippen molar-refractivity contribution in [3.8, 4) is 5.75 Å². The van der Waals surface area contributed by atoms with Crippen molar-refractivity contribution in [2.24, 2.45) is 5.92 Å². The number of anilines is 3. The summed E-state index contributed by atoms with van der Waals surface area (Å²) >= 11 is 7.49. The largest absolute Gasteiger partial charge is 0.497 e. The number of carbonyl (C=O) groups is 3. The van der Waals surface area contributed by atoms with Crippen LogP contribution in [0.3, 0.4) is 0 Å². The van der Waals surface area contributed by atoms with Gasteiger partial charge in [0.15, 0.2) is 0 Å². The van der Waals surface area contributed by atoms with Crippen molar-refractivity contribution in [3.63, 3.8) is 0 Å². The lowest BCUT2D eigenvalue weighted by molar-refractivity contribution is -0.122. The fourth-order valence-corrected chi connectivity index (χ4v) is 5.44. The van der Waals surface area contributed by atoms with Gasteiger partial charge in [-0.2, -0.15) is 0 Å². The topological polar surface area (TPSA) is 105 Å². The molecule has 1 aromatic heterocycles. The maximum absolute atomic E-state index is 12.9. The summed E-state index contributed by atoms with van der Waals surface area (Å²) in [6.07, 6.45) is 0.427. The summed E-state index contributed by atoms with van der Waals surface area (Å²) in [5, 5.41) is 12.8. The lowest BCUT2D eigenvalue weighted by Gasteiger charge is -2.17. The number of benzene rings is 2. The Bertz CT molecular complexity index is 1330. The summed E-state index contributed by atoms with van der Waals surface area (Å²) in [7, 11) is 1.58. The second-order valence-electron chi connectivity index (χ2n) is 8.88. The van der Waals surface area contributed by atoms with Crippen LogP contribution in [0.2, 0.25) is 5.02 Å². The molecule has 186 valence electrons. The number of nitrogens with zero attached hydrogens (tertiary/aromatic N) is 4. The highest BCUT2D eigenvalue weighted by molar-refractivity contribution is 7.15. The molecule has 1 N–H and O–H groups in total. The molecule has 0 bridgehead atoms. The van der Waals surface area contributed by atoms with Crippen molar-refractivity contribution in [1.82, 2.24) is 10.2 Å². The molecule has 0 radical (unpaired) electrons. The molecule has 2 aliphatic heterocycles. The van der Waals surface area contributed by atoms with Crippen molar-refractivity contribution in [2.45, 2.75) is 25.7 Å². The maximum Gasteiger partial charge on any atom is 0.231 e. The summed E-state index contributed by atoms with van der Waals surface area (Å²) in [5.41, 5.74) is 2.42. The molecule has 3 amide bonds. The smallest absolute Gasteiger partial charge is 0.231 e. The first-order valence-corrected chi connectivity index (χ1v) is 12.7. The summed E-state index contributed by atoms with van der Waals surface area (Å²) in [6.45, 7) is 2.67. The Morgan fingerprint density at radius 2 is 1.72 bits per heavy atom. The summed E-state index contributed by atoms with van der Waals surface area (Å²) in [5.74, 6) is -0.328. The van der Waals surface area contributed by atoms with Gasteiger partial charge in [0.05, 0.1) is 13.0 Å². The second-order valence-corrected chi connectivity index (χ2v) is 10.3. The summed E-state index contributed by atoms with van der Waals surface area (Å²) in [6, 6.07) is 12.7. The molecule has 2 aromatic carbocycles. The van der Waals surface area contributed by atoms with Gasteiger partial charge >= 0.3 is 0 Å². The molecule has 36 heavy (non-hydrogen) atoms. The Labute approximate surface area is 217 Å². The van der Waals surface area contributed by atoms with Crippen LogP contribution in [-0.2, 0) is 14.4 Å². The van der Waals surface area contributed by atoms with Crippen LogP contribution in [0.5, 0.6) is 5.75 Å². The van der Waals surface area contributed by atoms with Gasteiger partial charge in [0.1, 0.15) is 10.8 Å². The lowest BCUT2D eigenvalue weighted by atomic mass is 10.1. The number of amides is 3. The van der Waals surface area contributed by atoms with E-state index in [1.807, 2.05) is 19.1 Å². The number of halogens is 1. The minimum Gasteiger partial charge on any atom is -0.497 e. The average molecular weight is 526 g/mol. The molecule has 5 rings (SSSR count). The highest BCUT2D eigenvalue weighted by Crippen LogP contribution is 2.36. The third kappa shape index (κ3) is 4.78. The number of hydrogen-bond donors (Lipinski definition) is 1. The SMILES string of the molecule is COc1ccc(N2CC(C(=O)Nc3nnc(C4CC(=O)N(c5ccc(C)c(Cl)c5)C4)s3)CC2=O)cc1. The third-order valence-electron chi connectivity index (χ3n) is 6.49. The van der Waals surface area contributed by atoms with Crippen molar-refractivity contribution in [3.05, 3.63) is 58.1 Å². The van der Waals surface area contributed by atoms with Crippen LogP contribution in [0.4, 0.5) is 16.5 Å². The second kappa shape index (κ2) is 9.87. The molecular weight excluding hydrogens is 502 g/mol. The van der Waals surface area contributed by atoms with Gasteiger partial charge in [0.2, 0.25) is 22.9 Å². The van der Waals surface area contributed by atoms with E-state index in [9.17, 15) is 14.4 Å². The Morgan fingerprint density at radius 3 is 2.44 bits per heavy atom. The Balaban J connectivity index is 1.21. The van der Waals surface area contributed by atoms with Gasteiger partial charge in [-0.25, -0.2) is 0 Å². The molecule has 9 nitrogen and oxygen atoms in total. The van der Waals surface area contributed by atoms with Crippen LogP contribution in [0.15, 0.2) is 42.5 Å². The van der Waals surface area contributed by atoms with Gasteiger partial charge < -0.3 is 19.9 Å².